The van der Waals surface area contributed by atoms with Gasteiger partial charge in [-0.05, 0) is 18.6 Å². The lowest BCUT2D eigenvalue weighted by atomic mass is 10.2. The number of aryl methyl sites for hydroxylation is 1. The summed E-state index contributed by atoms with van der Waals surface area (Å²) in [7, 11) is 0. The minimum absolute atomic E-state index is 0.479. The fraction of sp³-hybridized carbons (Fsp3) is 0.300. The highest BCUT2D eigenvalue weighted by Crippen LogP contribution is 2.10. The van der Waals surface area contributed by atoms with Crippen molar-refractivity contribution in [1.82, 2.24) is 10.3 Å². The van der Waals surface area contributed by atoms with Crippen LogP contribution in [-0.4, -0.2) is 39.8 Å². The van der Waals surface area contributed by atoms with Crippen molar-refractivity contribution in [2.24, 2.45) is 0 Å². The van der Waals surface area contributed by atoms with Gasteiger partial charge in [0.05, 0.1) is 18.5 Å². The number of rotatable bonds is 4. The van der Waals surface area contributed by atoms with Crippen LogP contribution in [0, 0.1) is 6.92 Å². The summed E-state index contributed by atoms with van der Waals surface area (Å²) >= 11 is 0. The molecule has 0 fully saturated rings. The average Bonchev–Trinajstić information content (AvgIpc) is 2.28. The molecule has 0 bridgehead atoms. The smallest absolute Gasteiger partial charge is 0.328 e. The number of hydrogen-bond donors (Lipinski definition) is 4. The fourth-order valence-corrected chi connectivity index (χ4v) is 1.10. The van der Waals surface area contributed by atoms with Crippen molar-refractivity contribution in [2.75, 3.05) is 11.9 Å². The van der Waals surface area contributed by atoms with Gasteiger partial charge in [0, 0.05) is 6.20 Å². The number of nitrogens with zero attached hydrogens (tertiary/aromatic N) is 1. The molecule has 17 heavy (non-hydrogen) atoms. The van der Waals surface area contributed by atoms with Crippen molar-refractivity contribution in [1.29, 1.82) is 0 Å². The van der Waals surface area contributed by atoms with E-state index in [2.05, 4.69) is 15.6 Å². The Morgan fingerprint density at radius 2 is 2.24 bits per heavy atom. The van der Waals surface area contributed by atoms with Gasteiger partial charge in [-0.3, -0.25) is 4.98 Å². The summed E-state index contributed by atoms with van der Waals surface area (Å²) in [4.78, 5) is 25.8. The molecule has 0 spiro atoms. The number of urea groups is 1. The predicted molar refractivity (Wildman–Crippen MR) is 59.6 cm³/mol. The molecule has 0 saturated carbocycles. The van der Waals surface area contributed by atoms with E-state index in [1.54, 1.807) is 19.2 Å². The van der Waals surface area contributed by atoms with Gasteiger partial charge in [0.1, 0.15) is 0 Å². The third kappa shape index (κ3) is 3.72. The molecule has 0 unspecified atom stereocenters. The maximum atomic E-state index is 11.4. The summed E-state index contributed by atoms with van der Waals surface area (Å²) in [6.45, 7) is 1.10. The first-order chi connectivity index (χ1) is 8.04. The van der Waals surface area contributed by atoms with E-state index in [9.17, 15) is 9.59 Å². The third-order valence-corrected chi connectivity index (χ3v) is 2.07. The molecule has 0 aliphatic rings. The molecular formula is C10H13N3O4. The molecule has 1 rings (SSSR count). The Kier molecular flexibility index (Phi) is 4.41. The lowest BCUT2D eigenvalue weighted by Crippen LogP contribution is -2.45. The molecule has 92 valence electrons. The van der Waals surface area contributed by atoms with E-state index >= 15 is 0 Å². The van der Waals surface area contributed by atoms with Crippen molar-refractivity contribution in [3.8, 4) is 0 Å². The van der Waals surface area contributed by atoms with Crippen molar-refractivity contribution >= 4 is 17.7 Å². The van der Waals surface area contributed by atoms with Crippen molar-refractivity contribution in [2.45, 2.75) is 13.0 Å². The minimum atomic E-state index is -1.33. The van der Waals surface area contributed by atoms with Gasteiger partial charge in [0.2, 0.25) is 0 Å². The summed E-state index contributed by atoms with van der Waals surface area (Å²) in [5, 5.41) is 21.9. The zero-order valence-corrected chi connectivity index (χ0v) is 9.17. The summed E-state index contributed by atoms with van der Waals surface area (Å²) in [6, 6.07) is -0.328. The first-order valence-electron chi connectivity index (χ1n) is 4.86. The molecule has 0 aromatic carbocycles. The quantitative estimate of drug-likeness (QED) is 0.589. The second-order valence-electron chi connectivity index (χ2n) is 3.36. The Bertz CT molecular complexity index is 422. The molecule has 1 heterocycles. The zero-order valence-electron chi connectivity index (χ0n) is 9.17. The Balaban J connectivity index is 2.61. The molecule has 1 aromatic rings. The molecular weight excluding hydrogens is 226 g/mol. The maximum absolute atomic E-state index is 11.4. The number of carboxylic acid groups (broad SMARTS) is 1. The molecule has 7 heteroatoms. The van der Waals surface area contributed by atoms with E-state index in [0.29, 0.717) is 5.69 Å². The molecule has 1 aromatic heterocycles. The molecule has 0 aliphatic carbocycles. The van der Waals surface area contributed by atoms with Crippen LogP contribution < -0.4 is 10.6 Å². The zero-order chi connectivity index (χ0) is 12.8. The fourth-order valence-electron chi connectivity index (χ4n) is 1.10. The second-order valence-corrected chi connectivity index (χ2v) is 3.36. The van der Waals surface area contributed by atoms with E-state index in [4.69, 9.17) is 10.2 Å². The lowest BCUT2D eigenvalue weighted by molar-refractivity contribution is -0.140. The highest BCUT2D eigenvalue weighted by Gasteiger charge is 2.18. The van der Waals surface area contributed by atoms with Crippen LogP contribution >= 0.6 is 0 Å². The Labute approximate surface area is 97.5 Å². The van der Waals surface area contributed by atoms with Gasteiger partial charge < -0.3 is 20.8 Å². The van der Waals surface area contributed by atoms with Crippen LogP contribution in [0.3, 0.4) is 0 Å². The van der Waals surface area contributed by atoms with Gasteiger partial charge >= 0.3 is 12.0 Å². The van der Waals surface area contributed by atoms with Crippen LogP contribution in [0.5, 0.6) is 0 Å². The van der Waals surface area contributed by atoms with Gasteiger partial charge in [-0.2, -0.15) is 0 Å². The standard InChI is InChI=1S/C10H13N3O4/c1-6-2-3-11-4-7(6)12-10(17)13-8(5-14)9(15)16/h2-4,8,14H,5H2,1H3,(H,15,16)(H2,12,13,17)/t8-/m1/s1. The number of pyridine rings is 1. The van der Waals surface area contributed by atoms with Crippen molar-refractivity contribution in [3.05, 3.63) is 24.0 Å². The SMILES string of the molecule is Cc1ccncc1NC(=O)N[C@H](CO)C(=O)O. The van der Waals surface area contributed by atoms with Crippen molar-refractivity contribution < 1.29 is 19.8 Å². The number of aliphatic hydroxyl groups is 1. The summed E-state index contributed by atoms with van der Waals surface area (Å²) < 4.78 is 0. The molecule has 0 aliphatic heterocycles. The van der Waals surface area contributed by atoms with E-state index in [0.717, 1.165) is 5.56 Å². The normalized spacial score (nSPS) is 11.6. The Morgan fingerprint density at radius 1 is 1.53 bits per heavy atom. The first-order valence-corrected chi connectivity index (χ1v) is 4.86. The third-order valence-electron chi connectivity index (χ3n) is 2.07. The number of aliphatic carboxylic acids is 1. The monoisotopic (exact) mass is 239 g/mol. The van der Waals surface area contributed by atoms with E-state index in [1.165, 1.54) is 6.20 Å². The molecule has 1 atom stereocenters. The van der Waals surface area contributed by atoms with Crippen LogP contribution in [0.2, 0.25) is 0 Å². The molecule has 4 N–H and O–H groups in total. The number of hydrogen-bond acceptors (Lipinski definition) is 4. The second kappa shape index (κ2) is 5.80. The number of aromatic nitrogens is 1. The summed E-state index contributed by atoms with van der Waals surface area (Å²) in [5.41, 5.74) is 1.28. The number of aliphatic hydroxyl groups excluding tert-OH is 1. The van der Waals surface area contributed by atoms with Crippen LogP contribution in [0.15, 0.2) is 18.5 Å². The van der Waals surface area contributed by atoms with Crippen LogP contribution in [-0.2, 0) is 4.79 Å². The van der Waals surface area contributed by atoms with E-state index in [-0.39, 0.29) is 0 Å². The predicted octanol–water partition coefficient (Wildman–Crippen LogP) is -0.0430. The molecule has 0 saturated heterocycles. The highest BCUT2D eigenvalue weighted by molar-refractivity contribution is 5.92. The van der Waals surface area contributed by atoms with Gasteiger partial charge in [-0.25, -0.2) is 9.59 Å². The number of amides is 2. The maximum Gasteiger partial charge on any atom is 0.328 e. The topological polar surface area (TPSA) is 112 Å². The number of carbonyl (C=O) groups is 2. The summed E-state index contributed by atoms with van der Waals surface area (Å²) in [6.07, 6.45) is 3.02. The molecule has 7 nitrogen and oxygen atoms in total. The first kappa shape index (κ1) is 12.9. The number of nitrogens with one attached hydrogen (secondary N) is 2. The van der Waals surface area contributed by atoms with Gasteiger partial charge in [-0.1, -0.05) is 0 Å². The van der Waals surface area contributed by atoms with Gasteiger partial charge in [-0.15, -0.1) is 0 Å². The largest absolute Gasteiger partial charge is 0.480 e. The molecule has 0 radical (unpaired) electrons. The highest BCUT2D eigenvalue weighted by atomic mass is 16.4. The number of anilines is 1. The lowest BCUT2D eigenvalue weighted by Gasteiger charge is -2.13. The van der Waals surface area contributed by atoms with Crippen LogP contribution in [0.25, 0.3) is 0 Å². The number of carboxylic acids is 1. The minimum Gasteiger partial charge on any atom is -0.480 e. The molecule has 2 amide bonds. The number of carbonyl (C=O) groups excluding carboxylic acids is 1. The van der Waals surface area contributed by atoms with Crippen molar-refractivity contribution in [3.63, 3.8) is 0 Å². The van der Waals surface area contributed by atoms with Crippen LogP contribution in [0.4, 0.5) is 10.5 Å². The van der Waals surface area contributed by atoms with Gasteiger partial charge in [0.15, 0.2) is 6.04 Å². The van der Waals surface area contributed by atoms with Gasteiger partial charge in [0.25, 0.3) is 0 Å². The van der Waals surface area contributed by atoms with Crippen LogP contribution in [0.1, 0.15) is 5.56 Å². The van der Waals surface area contributed by atoms with E-state index < -0.39 is 24.6 Å². The van der Waals surface area contributed by atoms with E-state index in [1.807, 2.05) is 0 Å². The Morgan fingerprint density at radius 3 is 2.76 bits per heavy atom. The average molecular weight is 239 g/mol. The summed E-state index contributed by atoms with van der Waals surface area (Å²) in [5.74, 6) is -1.30. The Hall–Kier alpha value is -2.15.